The second-order valence-corrected chi connectivity index (χ2v) is 5.70. The number of carbonyl (C=O) groups is 1. The molecular formula is C15H22N4O3. The van der Waals surface area contributed by atoms with E-state index in [1.807, 2.05) is 6.20 Å². The first-order valence-electron chi connectivity index (χ1n) is 7.75. The van der Waals surface area contributed by atoms with Crippen molar-refractivity contribution in [3.63, 3.8) is 0 Å². The summed E-state index contributed by atoms with van der Waals surface area (Å²) in [5.41, 5.74) is 0.958. The SMILES string of the molecule is COCCN1CCC[C@@H](c2cncc(N3CCOC3=O)n2)C1. The van der Waals surface area contributed by atoms with Gasteiger partial charge < -0.3 is 14.4 Å². The molecule has 0 radical (unpaired) electrons. The molecule has 1 amide bonds. The summed E-state index contributed by atoms with van der Waals surface area (Å²) in [6.07, 6.45) is 5.35. The second-order valence-electron chi connectivity index (χ2n) is 5.70. The van der Waals surface area contributed by atoms with Gasteiger partial charge in [-0.25, -0.2) is 9.78 Å². The number of methoxy groups -OCH3 is 1. The first-order valence-corrected chi connectivity index (χ1v) is 7.75. The minimum Gasteiger partial charge on any atom is -0.447 e. The number of cyclic esters (lactones) is 1. The standard InChI is InChI=1S/C15H22N4O3/c1-21-7-5-18-4-2-3-12(11-18)13-9-16-10-14(17-13)19-6-8-22-15(19)20/h9-10,12H,2-8,11H2,1H3/t12-/m1/s1. The highest BCUT2D eigenvalue weighted by molar-refractivity contribution is 5.87. The zero-order valence-electron chi connectivity index (χ0n) is 12.9. The fraction of sp³-hybridized carbons (Fsp3) is 0.667. The van der Waals surface area contributed by atoms with Crippen LogP contribution in [0.15, 0.2) is 12.4 Å². The second kappa shape index (κ2) is 7.02. The molecular weight excluding hydrogens is 284 g/mol. The Morgan fingerprint density at radius 2 is 2.32 bits per heavy atom. The maximum absolute atomic E-state index is 11.6. The molecule has 0 spiro atoms. The number of hydrogen-bond donors (Lipinski definition) is 0. The fourth-order valence-electron chi connectivity index (χ4n) is 3.02. The number of aromatic nitrogens is 2. The third kappa shape index (κ3) is 3.36. The van der Waals surface area contributed by atoms with Gasteiger partial charge in [-0.1, -0.05) is 0 Å². The summed E-state index contributed by atoms with van der Waals surface area (Å²) in [4.78, 5) is 24.5. The van der Waals surface area contributed by atoms with E-state index in [4.69, 9.17) is 9.47 Å². The molecule has 2 fully saturated rings. The number of piperidine rings is 1. The lowest BCUT2D eigenvalue weighted by Crippen LogP contribution is -2.37. The van der Waals surface area contributed by atoms with Crippen molar-refractivity contribution in [2.45, 2.75) is 18.8 Å². The van der Waals surface area contributed by atoms with Gasteiger partial charge >= 0.3 is 6.09 Å². The monoisotopic (exact) mass is 306 g/mol. The Morgan fingerprint density at radius 3 is 3.09 bits per heavy atom. The highest BCUT2D eigenvalue weighted by Crippen LogP contribution is 2.26. The number of ether oxygens (including phenoxy) is 2. The van der Waals surface area contributed by atoms with E-state index >= 15 is 0 Å². The summed E-state index contributed by atoms with van der Waals surface area (Å²) in [6.45, 7) is 4.72. The highest BCUT2D eigenvalue weighted by atomic mass is 16.6. The van der Waals surface area contributed by atoms with Crippen LogP contribution in [0.2, 0.25) is 0 Å². The molecule has 1 aromatic heterocycles. The van der Waals surface area contributed by atoms with Crippen LogP contribution in [0.5, 0.6) is 0 Å². The third-order valence-corrected chi connectivity index (χ3v) is 4.21. The molecule has 120 valence electrons. The molecule has 2 aliphatic rings. The quantitative estimate of drug-likeness (QED) is 0.816. The van der Waals surface area contributed by atoms with Crippen LogP contribution in [0.1, 0.15) is 24.5 Å². The maximum atomic E-state index is 11.6. The van der Waals surface area contributed by atoms with Crippen molar-refractivity contribution in [3.8, 4) is 0 Å². The molecule has 7 nitrogen and oxygen atoms in total. The van der Waals surface area contributed by atoms with Crippen molar-refractivity contribution in [2.24, 2.45) is 0 Å². The summed E-state index contributed by atoms with van der Waals surface area (Å²) in [5.74, 6) is 0.950. The van der Waals surface area contributed by atoms with Gasteiger partial charge in [0, 0.05) is 32.3 Å². The summed E-state index contributed by atoms with van der Waals surface area (Å²) in [5, 5.41) is 0. The number of nitrogens with zero attached hydrogens (tertiary/aromatic N) is 4. The molecule has 0 saturated carbocycles. The van der Waals surface area contributed by atoms with E-state index in [9.17, 15) is 4.79 Å². The van der Waals surface area contributed by atoms with Gasteiger partial charge in [0.1, 0.15) is 6.61 Å². The van der Waals surface area contributed by atoms with Crippen molar-refractivity contribution in [2.75, 3.05) is 51.4 Å². The smallest absolute Gasteiger partial charge is 0.415 e. The van der Waals surface area contributed by atoms with E-state index in [1.54, 1.807) is 18.2 Å². The van der Waals surface area contributed by atoms with E-state index in [0.717, 1.165) is 44.8 Å². The van der Waals surface area contributed by atoms with Crippen LogP contribution in [0, 0.1) is 0 Å². The number of hydrogen-bond acceptors (Lipinski definition) is 6. The van der Waals surface area contributed by atoms with E-state index < -0.39 is 0 Å². The van der Waals surface area contributed by atoms with Gasteiger partial charge in [-0.2, -0.15) is 0 Å². The van der Waals surface area contributed by atoms with Gasteiger partial charge in [-0.15, -0.1) is 0 Å². The fourth-order valence-corrected chi connectivity index (χ4v) is 3.02. The van der Waals surface area contributed by atoms with Crippen LogP contribution in [0.4, 0.5) is 10.6 Å². The molecule has 1 aromatic rings. The van der Waals surface area contributed by atoms with Crippen LogP contribution in [0.25, 0.3) is 0 Å². The molecule has 3 heterocycles. The number of rotatable bonds is 5. The van der Waals surface area contributed by atoms with Gasteiger partial charge in [-0.05, 0) is 19.4 Å². The molecule has 2 aliphatic heterocycles. The maximum Gasteiger partial charge on any atom is 0.415 e. The van der Waals surface area contributed by atoms with Gasteiger partial charge in [0.05, 0.1) is 25.0 Å². The van der Waals surface area contributed by atoms with Gasteiger partial charge in [-0.3, -0.25) is 9.88 Å². The Hall–Kier alpha value is -1.73. The average molecular weight is 306 g/mol. The molecule has 7 heteroatoms. The number of amides is 1. The zero-order valence-corrected chi connectivity index (χ0v) is 12.9. The van der Waals surface area contributed by atoms with E-state index in [-0.39, 0.29) is 6.09 Å². The minimum absolute atomic E-state index is 0.336. The molecule has 0 bridgehead atoms. The van der Waals surface area contributed by atoms with Crippen LogP contribution in [0.3, 0.4) is 0 Å². The van der Waals surface area contributed by atoms with Crippen LogP contribution in [-0.4, -0.2) is 67.5 Å². The molecule has 0 N–H and O–H groups in total. The number of carbonyl (C=O) groups excluding carboxylic acids is 1. The predicted octanol–water partition coefficient (Wildman–Crippen LogP) is 1.26. The van der Waals surface area contributed by atoms with Crippen LogP contribution < -0.4 is 4.90 Å². The Morgan fingerprint density at radius 1 is 1.41 bits per heavy atom. The Bertz CT molecular complexity index is 525. The van der Waals surface area contributed by atoms with Gasteiger partial charge in [0.2, 0.25) is 0 Å². The van der Waals surface area contributed by atoms with E-state index in [1.165, 1.54) is 0 Å². The van der Waals surface area contributed by atoms with Crippen molar-refractivity contribution >= 4 is 11.9 Å². The molecule has 1 atom stereocenters. The molecule has 3 rings (SSSR count). The Kier molecular flexibility index (Phi) is 4.84. The minimum atomic E-state index is -0.336. The zero-order chi connectivity index (χ0) is 15.4. The van der Waals surface area contributed by atoms with Crippen molar-refractivity contribution in [3.05, 3.63) is 18.1 Å². The van der Waals surface area contributed by atoms with Crippen molar-refractivity contribution < 1.29 is 14.3 Å². The predicted molar refractivity (Wildman–Crippen MR) is 81.0 cm³/mol. The molecule has 0 aromatic carbocycles. The lowest BCUT2D eigenvalue weighted by Gasteiger charge is -2.32. The van der Waals surface area contributed by atoms with Crippen LogP contribution >= 0.6 is 0 Å². The lowest BCUT2D eigenvalue weighted by molar-refractivity contribution is 0.127. The largest absolute Gasteiger partial charge is 0.447 e. The highest BCUT2D eigenvalue weighted by Gasteiger charge is 2.27. The molecule has 2 saturated heterocycles. The van der Waals surface area contributed by atoms with Gasteiger partial charge in [0.25, 0.3) is 0 Å². The number of likely N-dealkylation sites (tertiary alicyclic amines) is 1. The van der Waals surface area contributed by atoms with Gasteiger partial charge in [0.15, 0.2) is 5.82 Å². The summed E-state index contributed by atoms with van der Waals surface area (Å²) < 4.78 is 10.1. The Labute approximate surface area is 130 Å². The lowest BCUT2D eigenvalue weighted by atomic mass is 9.95. The average Bonchev–Trinajstić information content (AvgIpc) is 2.99. The molecule has 0 unspecified atom stereocenters. The molecule has 0 aliphatic carbocycles. The van der Waals surface area contributed by atoms with Crippen molar-refractivity contribution in [1.82, 2.24) is 14.9 Å². The van der Waals surface area contributed by atoms with E-state index in [0.29, 0.717) is 24.9 Å². The first-order chi connectivity index (χ1) is 10.8. The van der Waals surface area contributed by atoms with Crippen molar-refractivity contribution in [1.29, 1.82) is 0 Å². The Balaban J connectivity index is 1.70. The first kappa shape index (κ1) is 15.2. The normalized spacial score (nSPS) is 22.9. The summed E-state index contributed by atoms with van der Waals surface area (Å²) in [7, 11) is 1.73. The third-order valence-electron chi connectivity index (χ3n) is 4.21. The topological polar surface area (TPSA) is 67.8 Å². The summed E-state index contributed by atoms with van der Waals surface area (Å²) in [6, 6.07) is 0. The van der Waals surface area contributed by atoms with Crippen LogP contribution in [-0.2, 0) is 9.47 Å². The summed E-state index contributed by atoms with van der Waals surface area (Å²) >= 11 is 0. The van der Waals surface area contributed by atoms with E-state index in [2.05, 4.69) is 14.9 Å². The molecule has 22 heavy (non-hydrogen) atoms. The number of anilines is 1.